The van der Waals surface area contributed by atoms with Gasteiger partial charge in [-0.1, -0.05) is 0 Å². The van der Waals surface area contributed by atoms with Gasteiger partial charge in [0, 0.05) is 41.4 Å². The first kappa shape index (κ1) is 18.7. The summed E-state index contributed by atoms with van der Waals surface area (Å²) in [4.78, 5) is 17.5. The third-order valence-electron chi connectivity index (χ3n) is 3.96. The van der Waals surface area contributed by atoms with Crippen molar-refractivity contribution in [3.63, 3.8) is 0 Å². The molecule has 2 aromatic heterocycles. The van der Waals surface area contributed by atoms with E-state index in [-0.39, 0.29) is 17.5 Å². The van der Waals surface area contributed by atoms with Crippen LogP contribution in [0, 0.1) is 0 Å². The van der Waals surface area contributed by atoms with Crippen molar-refractivity contribution in [1.82, 2.24) is 14.6 Å². The number of pyridine rings is 1. The minimum absolute atomic E-state index is 0.0817. The van der Waals surface area contributed by atoms with Crippen molar-refractivity contribution in [2.24, 2.45) is 0 Å². The molecule has 0 aliphatic carbocycles. The van der Waals surface area contributed by atoms with E-state index >= 15 is 0 Å². The Labute approximate surface area is 158 Å². The van der Waals surface area contributed by atoms with Crippen LogP contribution < -0.4 is 15.1 Å². The van der Waals surface area contributed by atoms with Gasteiger partial charge in [-0.2, -0.15) is 4.31 Å². The Kier molecular flexibility index (Phi) is 5.53. The van der Waals surface area contributed by atoms with Crippen molar-refractivity contribution in [2.75, 3.05) is 42.3 Å². The number of carbonyl (C=O) groups excluding carboxylic acids is 1. The third kappa shape index (κ3) is 3.86. The van der Waals surface area contributed by atoms with E-state index in [4.69, 9.17) is 4.52 Å². The Bertz CT molecular complexity index is 880. The van der Waals surface area contributed by atoms with Gasteiger partial charge in [-0.25, -0.2) is 8.42 Å². The molecule has 3 rings (SSSR count). The van der Waals surface area contributed by atoms with Crippen LogP contribution in [-0.2, 0) is 10.0 Å². The van der Waals surface area contributed by atoms with E-state index in [9.17, 15) is 13.2 Å². The highest BCUT2D eigenvalue weighted by Crippen LogP contribution is 2.18. The lowest BCUT2D eigenvalue weighted by Crippen LogP contribution is -2.66. The molecule has 1 N–H and O–H groups in total. The molecular weight excluding hydrogens is 428 g/mol. The number of sulfonamides is 1. The van der Waals surface area contributed by atoms with Crippen LogP contribution in [0.5, 0.6) is 0 Å². The van der Waals surface area contributed by atoms with Crippen LogP contribution in [0.2, 0.25) is 0 Å². The molecule has 0 radical (unpaired) electrons. The van der Waals surface area contributed by atoms with Crippen molar-refractivity contribution in [2.45, 2.75) is 6.92 Å². The molecule has 10 nitrogen and oxygen atoms in total. The molecule has 0 aromatic carbocycles. The molecule has 140 valence electrons. The molecule has 0 bridgehead atoms. The molecule has 0 atom stereocenters. The average molecular weight is 446 g/mol. The van der Waals surface area contributed by atoms with E-state index in [1.807, 2.05) is 5.01 Å². The molecule has 3 heterocycles. The zero-order chi connectivity index (χ0) is 18.7. The lowest BCUT2D eigenvalue weighted by Gasteiger charge is -2.28. The summed E-state index contributed by atoms with van der Waals surface area (Å²) < 4.78 is 30.9. The van der Waals surface area contributed by atoms with Gasteiger partial charge in [0.2, 0.25) is 15.3 Å². The van der Waals surface area contributed by atoms with Gasteiger partial charge in [-0.3, -0.25) is 19.6 Å². The van der Waals surface area contributed by atoms with Crippen LogP contribution in [0.3, 0.4) is 0 Å². The van der Waals surface area contributed by atoms with Gasteiger partial charge >= 0.3 is 10.5 Å². The van der Waals surface area contributed by atoms with E-state index in [0.717, 1.165) is 0 Å². The maximum atomic E-state index is 12.2. The Morgan fingerprint density at radius 3 is 2.73 bits per heavy atom. The van der Waals surface area contributed by atoms with Gasteiger partial charge in [0.05, 0.1) is 29.2 Å². The Morgan fingerprint density at radius 2 is 2.12 bits per heavy atom. The molecule has 1 aliphatic rings. The molecule has 1 saturated heterocycles. The van der Waals surface area contributed by atoms with Gasteiger partial charge in [0.15, 0.2) is 0 Å². The maximum Gasteiger partial charge on any atom is 0.372 e. The normalized spacial score (nSPS) is 15.8. The standard InChI is InChI=1S/C14H17BrN6O4S/c1-2-26(23,24)20-8-6-19(7-9-20)21-12(15)14(25-18-21)17-13(22)11-4-3-5-16-10-11/h3-5,10H,2,6-9H2,1H3/p+1. The van der Waals surface area contributed by atoms with Gasteiger partial charge in [-0.15, -0.1) is 5.01 Å². The van der Waals surface area contributed by atoms with Crippen LogP contribution in [0.15, 0.2) is 33.7 Å². The predicted molar refractivity (Wildman–Crippen MR) is 95.6 cm³/mol. The molecule has 0 unspecified atom stereocenters. The van der Waals surface area contributed by atoms with Crippen molar-refractivity contribution in [3.05, 3.63) is 34.7 Å². The van der Waals surface area contributed by atoms with Crippen molar-refractivity contribution >= 4 is 37.7 Å². The van der Waals surface area contributed by atoms with E-state index in [2.05, 4.69) is 31.5 Å². The smallest absolute Gasteiger partial charge is 0.284 e. The second kappa shape index (κ2) is 7.68. The summed E-state index contributed by atoms with van der Waals surface area (Å²) in [7, 11) is -3.20. The zero-order valence-electron chi connectivity index (χ0n) is 14.0. The Balaban J connectivity index is 1.67. The van der Waals surface area contributed by atoms with E-state index in [0.29, 0.717) is 36.3 Å². The summed E-state index contributed by atoms with van der Waals surface area (Å²) in [6, 6.07) is 3.29. The number of piperazine rings is 1. The number of anilines is 1. The fourth-order valence-electron chi connectivity index (χ4n) is 2.49. The number of rotatable bonds is 5. The molecule has 1 fully saturated rings. The number of nitrogens with one attached hydrogen (secondary N) is 1. The summed E-state index contributed by atoms with van der Waals surface area (Å²) in [6.45, 7) is 3.25. The minimum atomic E-state index is -3.20. The largest absolute Gasteiger partial charge is 0.372 e. The van der Waals surface area contributed by atoms with Crippen LogP contribution >= 0.6 is 15.9 Å². The summed E-state index contributed by atoms with van der Waals surface area (Å²) in [6.07, 6.45) is 3.02. The fraction of sp³-hybridized carbons (Fsp3) is 0.429. The summed E-state index contributed by atoms with van der Waals surface area (Å²) in [5.41, 5.74) is 0.390. The number of halogens is 1. The summed E-state index contributed by atoms with van der Waals surface area (Å²) in [5, 5.41) is 8.36. The second-order valence-corrected chi connectivity index (χ2v) is 8.54. The maximum absolute atomic E-state index is 12.2. The highest BCUT2D eigenvalue weighted by atomic mass is 79.9. The summed E-state index contributed by atoms with van der Waals surface area (Å²) in [5.74, 6) is -0.137. The van der Waals surface area contributed by atoms with Crippen molar-refractivity contribution < 1.29 is 22.5 Å². The van der Waals surface area contributed by atoms with Gasteiger partial charge in [0.1, 0.15) is 0 Å². The molecular formula is C14H18BrN6O4S+. The number of carbonyl (C=O) groups is 1. The predicted octanol–water partition coefficient (Wildman–Crippen LogP) is -0.0248. The fourth-order valence-corrected chi connectivity index (χ4v) is 4.04. The lowest BCUT2D eigenvalue weighted by atomic mass is 10.3. The van der Waals surface area contributed by atoms with Gasteiger partial charge in [0.25, 0.3) is 5.91 Å². The van der Waals surface area contributed by atoms with Crippen molar-refractivity contribution in [3.8, 4) is 0 Å². The monoisotopic (exact) mass is 445 g/mol. The molecule has 0 saturated carbocycles. The first-order chi connectivity index (χ1) is 12.4. The van der Waals surface area contributed by atoms with E-state index in [1.54, 1.807) is 25.3 Å². The number of hydrogen-bond donors (Lipinski definition) is 1. The van der Waals surface area contributed by atoms with Crippen LogP contribution in [0.25, 0.3) is 0 Å². The Morgan fingerprint density at radius 1 is 1.38 bits per heavy atom. The molecule has 0 spiro atoms. The SMILES string of the molecule is CCS(=O)(=O)N1CCN([n+]2noc(NC(=O)c3cccnc3)c2Br)CC1. The highest BCUT2D eigenvalue weighted by Gasteiger charge is 2.34. The first-order valence-electron chi connectivity index (χ1n) is 7.94. The number of amides is 1. The average Bonchev–Trinajstić information content (AvgIpc) is 3.03. The molecule has 1 amide bonds. The number of aromatic nitrogens is 3. The highest BCUT2D eigenvalue weighted by molar-refractivity contribution is 9.10. The molecule has 12 heteroatoms. The quantitative estimate of drug-likeness (QED) is 0.643. The third-order valence-corrected chi connectivity index (χ3v) is 6.52. The first-order valence-corrected chi connectivity index (χ1v) is 10.3. The lowest BCUT2D eigenvalue weighted by molar-refractivity contribution is -0.768. The van der Waals surface area contributed by atoms with E-state index in [1.165, 1.54) is 15.3 Å². The van der Waals surface area contributed by atoms with Crippen LogP contribution in [0.4, 0.5) is 5.88 Å². The molecule has 1 aliphatic heterocycles. The van der Waals surface area contributed by atoms with Crippen molar-refractivity contribution in [1.29, 1.82) is 0 Å². The molecule has 2 aromatic rings. The topological polar surface area (TPSA) is 113 Å². The van der Waals surface area contributed by atoms with Crippen LogP contribution in [-0.4, -0.2) is 60.8 Å². The summed E-state index contributed by atoms with van der Waals surface area (Å²) >= 11 is 3.36. The Hall–Kier alpha value is -2.05. The molecule has 26 heavy (non-hydrogen) atoms. The minimum Gasteiger partial charge on any atom is -0.284 e. The van der Waals surface area contributed by atoms with E-state index < -0.39 is 10.0 Å². The number of nitrogens with zero attached hydrogens (tertiary/aromatic N) is 5. The zero-order valence-corrected chi connectivity index (χ0v) is 16.4. The van der Waals surface area contributed by atoms with Gasteiger partial charge < -0.3 is 0 Å². The van der Waals surface area contributed by atoms with Gasteiger partial charge in [-0.05, 0) is 19.1 Å². The second-order valence-electron chi connectivity index (χ2n) is 5.53. The van der Waals surface area contributed by atoms with Crippen LogP contribution in [0.1, 0.15) is 17.3 Å². The number of hydrogen-bond acceptors (Lipinski definition) is 7.